The van der Waals surface area contributed by atoms with Gasteiger partial charge in [-0.25, -0.2) is 4.68 Å². The summed E-state index contributed by atoms with van der Waals surface area (Å²) in [6, 6.07) is 0.474. The first kappa shape index (κ1) is 19.9. The highest BCUT2D eigenvalue weighted by Gasteiger charge is 2.23. The Morgan fingerprint density at radius 2 is 1.84 bits per heavy atom. The molecule has 0 unspecified atom stereocenters. The molecule has 0 aliphatic heterocycles. The second-order valence-electron chi connectivity index (χ2n) is 7.37. The lowest BCUT2D eigenvalue weighted by molar-refractivity contribution is -0.134. The van der Waals surface area contributed by atoms with Crippen molar-refractivity contribution in [1.29, 1.82) is 0 Å². The first-order valence-electron chi connectivity index (χ1n) is 10.2. The van der Waals surface area contributed by atoms with E-state index in [9.17, 15) is 4.79 Å². The Labute approximate surface area is 152 Å². The maximum atomic E-state index is 12.9. The second-order valence-corrected chi connectivity index (χ2v) is 7.37. The fraction of sp³-hybridized carbons (Fsp3) is 0.895. The summed E-state index contributed by atoms with van der Waals surface area (Å²) in [5, 5.41) is 11.5. The van der Waals surface area contributed by atoms with Gasteiger partial charge in [-0.05, 0) is 42.5 Å². The number of hydrogen-bond acceptors (Lipinski definition) is 4. The van der Waals surface area contributed by atoms with Gasteiger partial charge >= 0.3 is 0 Å². The van der Waals surface area contributed by atoms with Gasteiger partial charge in [-0.2, -0.15) is 0 Å². The Balaban J connectivity index is 1.80. The quantitative estimate of drug-likeness (QED) is 0.638. The van der Waals surface area contributed by atoms with E-state index >= 15 is 0 Å². The molecule has 1 aliphatic carbocycles. The zero-order valence-corrected chi connectivity index (χ0v) is 16.1. The van der Waals surface area contributed by atoms with E-state index < -0.39 is 0 Å². The van der Waals surface area contributed by atoms with Crippen molar-refractivity contribution < 1.29 is 4.79 Å². The largest absolute Gasteiger partial charge is 0.340 e. The van der Waals surface area contributed by atoms with E-state index in [-0.39, 0.29) is 0 Å². The number of hydrogen-bond donors (Lipinski definition) is 0. The molecule has 0 N–H and O–H groups in total. The summed E-state index contributed by atoms with van der Waals surface area (Å²) in [7, 11) is 1.86. The standard InChI is InChI=1S/C19H35N5O/c1-3-4-16-24(17-12-8-6-5-7-9-13-17)19(25)15-11-10-14-18-20-21-22-23(18)2/h17H,3-16H2,1-2H3. The van der Waals surface area contributed by atoms with Crippen molar-refractivity contribution in [2.45, 2.75) is 96.4 Å². The number of aromatic nitrogens is 4. The maximum Gasteiger partial charge on any atom is 0.222 e. The minimum Gasteiger partial charge on any atom is -0.340 e. The number of carbonyl (C=O) groups excluding carboxylic acids is 1. The zero-order chi connectivity index (χ0) is 17.9. The van der Waals surface area contributed by atoms with Gasteiger partial charge in [0.1, 0.15) is 0 Å². The van der Waals surface area contributed by atoms with Gasteiger partial charge in [0.05, 0.1) is 0 Å². The minimum atomic E-state index is 0.357. The van der Waals surface area contributed by atoms with E-state index in [0.717, 1.165) is 44.5 Å². The third-order valence-electron chi connectivity index (χ3n) is 5.34. The highest BCUT2D eigenvalue weighted by molar-refractivity contribution is 5.76. The third kappa shape index (κ3) is 6.75. The van der Waals surface area contributed by atoms with E-state index in [2.05, 4.69) is 27.3 Å². The summed E-state index contributed by atoms with van der Waals surface area (Å²) in [6.45, 7) is 3.14. The molecule has 0 radical (unpaired) electrons. The number of carbonyl (C=O) groups is 1. The van der Waals surface area contributed by atoms with Crippen molar-refractivity contribution in [1.82, 2.24) is 25.1 Å². The van der Waals surface area contributed by atoms with Gasteiger partial charge < -0.3 is 4.90 Å². The Morgan fingerprint density at radius 3 is 2.48 bits per heavy atom. The number of aryl methyl sites for hydroxylation is 2. The van der Waals surface area contributed by atoms with Crippen LogP contribution in [0.3, 0.4) is 0 Å². The van der Waals surface area contributed by atoms with Crippen molar-refractivity contribution in [3.05, 3.63) is 5.82 Å². The molecule has 1 aliphatic rings. The smallest absolute Gasteiger partial charge is 0.222 e. The van der Waals surface area contributed by atoms with Crippen LogP contribution in [0.5, 0.6) is 0 Å². The third-order valence-corrected chi connectivity index (χ3v) is 5.34. The Morgan fingerprint density at radius 1 is 1.12 bits per heavy atom. The van der Waals surface area contributed by atoms with E-state index in [1.165, 1.54) is 44.9 Å². The molecule has 6 heteroatoms. The zero-order valence-electron chi connectivity index (χ0n) is 16.1. The molecule has 6 nitrogen and oxygen atoms in total. The van der Waals surface area contributed by atoms with Gasteiger partial charge in [-0.3, -0.25) is 4.79 Å². The van der Waals surface area contributed by atoms with Gasteiger partial charge in [-0.15, -0.1) is 5.10 Å². The predicted molar refractivity (Wildman–Crippen MR) is 99.1 cm³/mol. The van der Waals surface area contributed by atoms with Gasteiger partial charge in [0, 0.05) is 32.5 Å². The Hall–Kier alpha value is -1.46. The molecule has 1 aromatic rings. The molecule has 2 rings (SSSR count). The number of tetrazole rings is 1. The predicted octanol–water partition coefficient (Wildman–Crippen LogP) is 3.66. The van der Waals surface area contributed by atoms with Crippen molar-refractivity contribution in [3.63, 3.8) is 0 Å². The lowest BCUT2D eigenvalue weighted by atomic mass is 9.95. The fourth-order valence-corrected chi connectivity index (χ4v) is 3.75. The monoisotopic (exact) mass is 349 g/mol. The van der Waals surface area contributed by atoms with Crippen molar-refractivity contribution in [2.75, 3.05) is 6.54 Å². The van der Waals surface area contributed by atoms with Crippen LogP contribution in [0, 0.1) is 0 Å². The molecular weight excluding hydrogens is 314 g/mol. The molecular formula is C19H35N5O. The van der Waals surface area contributed by atoms with Gasteiger partial charge in [-0.1, -0.05) is 45.4 Å². The Bertz CT molecular complexity index is 494. The second kappa shape index (κ2) is 11.2. The molecule has 25 heavy (non-hydrogen) atoms. The van der Waals surface area contributed by atoms with Crippen LogP contribution in [0.4, 0.5) is 0 Å². The lowest BCUT2D eigenvalue weighted by Gasteiger charge is -2.33. The summed E-state index contributed by atoms with van der Waals surface area (Å²) in [4.78, 5) is 15.1. The molecule has 1 amide bonds. The summed E-state index contributed by atoms with van der Waals surface area (Å²) in [5.41, 5.74) is 0. The van der Waals surface area contributed by atoms with Crippen LogP contribution in [0.15, 0.2) is 0 Å². The number of unbranched alkanes of at least 4 members (excludes halogenated alkanes) is 2. The van der Waals surface area contributed by atoms with E-state index in [1.807, 2.05) is 7.05 Å². The first-order valence-corrected chi connectivity index (χ1v) is 10.2. The van der Waals surface area contributed by atoms with Crippen LogP contribution >= 0.6 is 0 Å². The van der Waals surface area contributed by atoms with Crippen LogP contribution in [0.1, 0.15) is 89.8 Å². The summed E-state index contributed by atoms with van der Waals surface area (Å²) in [6.07, 6.45) is 14.6. The van der Waals surface area contributed by atoms with Crippen LogP contribution < -0.4 is 0 Å². The molecule has 0 bridgehead atoms. The first-order chi connectivity index (χ1) is 12.2. The molecule has 0 atom stereocenters. The molecule has 142 valence electrons. The minimum absolute atomic E-state index is 0.357. The molecule has 1 saturated carbocycles. The maximum absolute atomic E-state index is 12.9. The summed E-state index contributed by atoms with van der Waals surface area (Å²) < 4.78 is 1.71. The molecule has 0 aromatic carbocycles. The number of nitrogens with zero attached hydrogens (tertiary/aromatic N) is 5. The average Bonchev–Trinajstić information content (AvgIpc) is 2.98. The highest BCUT2D eigenvalue weighted by Crippen LogP contribution is 2.23. The van der Waals surface area contributed by atoms with Crippen LogP contribution in [0.2, 0.25) is 0 Å². The summed E-state index contributed by atoms with van der Waals surface area (Å²) in [5.74, 6) is 1.26. The van der Waals surface area contributed by atoms with Gasteiger partial charge in [0.2, 0.25) is 5.91 Å². The molecule has 0 spiro atoms. The van der Waals surface area contributed by atoms with Gasteiger partial charge in [0.15, 0.2) is 5.82 Å². The number of rotatable bonds is 9. The van der Waals surface area contributed by atoms with E-state index in [1.54, 1.807) is 4.68 Å². The van der Waals surface area contributed by atoms with Gasteiger partial charge in [0.25, 0.3) is 0 Å². The number of amides is 1. The highest BCUT2D eigenvalue weighted by atomic mass is 16.2. The van der Waals surface area contributed by atoms with Crippen LogP contribution in [0.25, 0.3) is 0 Å². The molecule has 1 fully saturated rings. The van der Waals surface area contributed by atoms with Crippen molar-refractivity contribution in [2.24, 2.45) is 7.05 Å². The lowest BCUT2D eigenvalue weighted by Crippen LogP contribution is -2.41. The molecule has 1 heterocycles. The van der Waals surface area contributed by atoms with E-state index in [4.69, 9.17) is 0 Å². The van der Waals surface area contributed by atoms with Crippen molar-refractivity contribution >= 4 is 5.91 Å². The fourth-order valence-electron chi connectivity index (χ4n) is 3.75. The van der Waals surface area contributed by atoms with Crippen LogP contribution in [-0.4, -0.2) is 43.6 Å². The Kier molecular flexibility index (Phi) is 8.91. The molecule has 1 aromatic heterocycles. The molecule has 0 saturated heterocycles. The van der Waals surface area contributed by atoms with Crippen LogP contribution in [-0.2, 0) is 18.3 Å². The van der Waals surface area contributed by atoms with Crippen molar-refractivity contribution in [3.8, 4) is 0 Å². The SMILES string of the molecule is CCCCN(C(=O)CCCCc1nnnn1C)C1CCCCCCC1. The normalized spacial score (nSPS) is 16.4. The average molecular weight is 350 g/mol. The summed E-state index contributed by atoms with van der Waals surface area (Å²) >= 11 is 0. The topological polar surface area (TPSA) is 63.9 Å². The van der Waals surface area contributed by atoms with E-state index in [0.29, 0.717) is 18.4 Å².